The number of hydrogen-bond acceptors (Lipinski definition) is 3. The Labute approximate surface area is 132 Å². The van der Waals surface area contributed by atoms with E-state index in [1.54, 1.807) is 6.20 Å². The summed E-state index contributed by atoms with van der Waals surface area (Å²) >= 11 is 3.46. The number of nitrogens with one attached hydrogen (secondary N) is 1. The Morgan fingerprint density at radius 3 is 2.62 bits per heavy atom. The summed E-state index contributed by atoms with van der Waals surface area (Å²) in [6, 6.07) is 16.4. The van der Waals surface area contributed by atoms with E-state index >= 15 is 0 Å². The molecular weight excluding hydrogens is 326 g/mol. The Balaban J connectivity index is 1.95. The third kappa shape index (κ3) is 2.85. The van der Waals surface area contributed by atoms with Gasteiger partial charge in [0.1, 0.15) is 0 Å². The Kier molecular flexibility index (Phi) is 3.80. The van der Waals surface area contributed by atoms with Gasteiger partial charge in [-0.15, -0.1) is 0 Å². The molecule has 2 aromatic carbocycles. The average molecular weight is 342 g/mol. The van der Waals surface area contributed by atoms with E-state index in [1.165, 1.54) is 5.56 Å². The smallest absolute Gasteiger partial charge is 0.0951 e. The fourth-order valence-corrected chi connectivity index (χ4v) is 2.65. The van der Waals surface area contributed by atoms with E-state index in [1.807, 2.05) is 24.3 Å². The minimum absolute atomic E-state index is 0.199. The number of halogens is 1. The van der Waals surface area contributed by atoms with Gasteiger partial charge in [-0.1, -0.05) is 28.1 Å². The van der Waals surface area contributed by atoms with E-state index in [0.29, 0.717) is 5.69 Å². The second-order valence-corrected chi connectivity index (χ2v) is 5.94. The number of pyridine rings is 1. The molecule has 0 saturated heterocycles. The summed E-state index contributed by atoms with van der Waals surface area (Å²) in [5.41, 5.74) is 9.80. The fourth-order valence-electron chi connectivity index (χ4n) is 2.39. The highest BCUT2D eigenvalue weighted by Crippen LogP contribution is 2.29. The minimum Gasteiger partial charge on any atom is -0.397 e. The lowest BCUT2D eigenvalue weighted by Gasteiger charge is -2.18. The largest absolute Gasteiger partial charge is 0.397 e. The van der Waals surface area contributed by atoms with Crippen LogP contribution in [0.25, 0.3) is 10.9 Å². The minimum atomic E-state index is 0.199. The Morgan fingerprint density at radius 2 is 1.86 bits per heavy atom. The molecular formula is C17H16BrN3. The van der Waals surface area contributed by atoms with Crippen molar-refractivity contribution in [3.8, 4) is 0 Å². The first-order valence-electron chi connectivity index (χ1n) is 6.80. The molecule has 3 nitrogen and oxygen atoms in total. The summed E-state index contributed by atoms with van der Waals surface area (Å²) in [4.78, 5) is 4.36. The molecule has 0 aliphatic heterocycles. The number of anilines is 2. The molecule has 3 N–H and O–H groups in total. The van der Waals surface area contributed by atoms with E-state index in [4.69, 9.17) is 5.73 Å². The molecule has 1 atom stereocenters. The summed E-state index contributed by atoms with van der Waals surface area (Å²) in [5.74, 6) is 0. The van der Waals surface area contributed by atoms with Crippen LogP contribution in [0.4, 0.5) is 11.4 Å². The molecule has 0 aliphatic rings. The van der Waals surface area contributed by atoms with Crippen LogP contribution >= 0.6 is 15.9 Å². The molecule has 1 unspecified atom stereocenters. The van der Waals surface area contributed by atoms with Crippen LogP contribution in [-0.2, 0) is 0 Å². The maximum Gasteiger partial charge on any atom is 0.0951 e. The first-order chi connectivity index (χ1) is 10.1. The zero-order chi connectivity index (χ0) is 14.8. The molecule has 4 heteroatoms. The van der Waals surface area contributed by atoms with Crippen molar-refractivity contribution in [3.63, 3.8) is 0 Å². The lowest BCUT2D eigenvalue weighted by atomic mass is 10.1. The van der Waals surface area contributed by atoms with Crippen molar-refractivity contribution in [2.45, 2.75) is 13.0 Å². The second-order valence-electron chi connectivity index (χ2n) is 5.02. The molecule has 1 heterocycles. The van der Waals surface area contributed by atoms with Crippen LogP contribution in [0.15, 0.2) is 59.2 Å². The summed E-state index contributed by atoms with van der Waals surface area (Å²) in [6.45, 7) is 2.14. The Hall–Kier alpha value is -2.07. The van der Waals surface area contributed by atoms with E-state index in [9.17, 15) is 0 Å². The van der Waals surface area contributed by atoms with Gasteiger partial charge in [-0.25, -0.2) is 0 Å². The maximum absolute atomic E-state index is 5.99. The third-order valence-corrected chi connectivity index (χ3v) is 4.07. The molecule has 0 fully saturated rings. The second kappa shape index (κ2) is 5.74. The van der Waals surface area contributed by atoms with Gasteiger partial charge in [-0.3, -0.25) is 4.98 Å². The van der Waals surface area contributed by atoms with Crippen LogP contribution in [0.3, 0.4) is 0 Å². The Morgan fingerprint density at radius 1 is 1.10 bits per heavy atom. The standard InChI is InChI=1S/C17H16BrN3/c1-11(12-4-6-13(18)7-5-12)21-16-9-8-15(19)17-14(16)3-2-10-20-17/h2-11,21H,19H2,1H3. The van der Waals surface area contributed by atoms with Gasteiger partial charge >= 0.3 is 0 Å². The molecule has 3 rings (SSSR count). The predicted molar refractivity (Wildman–Crippen MR) is 92.3 cm³/mol. The van der Waals surface area contributed by atoms with Gasteiger partial charge < -0.3 is 11.1 Å². The Bertz CT molecular complexity index is 769. The molecule has 0 saturated carbocycles. The fraction of sp³-hybridized carbons (Fsp3) is 0.118. The molecule has 0 amide bonds. The normalized spacial score (nSPS) is 12.3. The quantitative estimate of drug-likeness (QED) is 0.675. The average Bonchev–Trinajstić information content (AvgIpc) is 2.51. The number of fused-ring (bicyclic) bond motifs is 1. The van der Waals surface area contributed by atoms with Crippen LogP contribution in [0.2, 0.25) is 0 Å². The number of aromatic nitrogens is 1. The van der Waals surface area contributed by atoms with Crippen molar-refractivity contribution in [1.82, 2.24) is 4.98 Å². The van der Waals surface area contributed by atoms with E-state index in [-0.39, 0.29) is 6.04 Å². The van der Waals surface area contributed by atoms with Crippen LogP contribution < -0.4 is 11.1 Å². The van der Waals surface area contributed by atoms with Crippen LogP contribution in [0, 0.1) is 0 Å². The highest BCUT2D eigenvalue weighted by Gasteiger charge is 2.09. The SMILES string of the molecule is CC(Nc1ccc(N)c2ncccc12)c1ccc(Br)cc1. The summed E-state index contributed by atoms with van der Waals surface area (Å²) < 4.78 is 1.08. The topological polar surface area (TPSA) is 50.9 Å². The van der Waals surface area contributed by atoms with Gasteiger partial charge in [0.25, 0.3) is 0 Å². The molecule has 0 bridgehead atoms. The van der Waals surface area contributed by atoms with Gasteiger partial charge in [-0.2, -0.15) is 0 Å². The van der Waals surface area contributed by atoms with Crippen molar-refractivity contribution < 1.29 is 0 Å². The molecule has 0 aliphatic carbocycles. The number of nitrogens with two attached hydrogens (primary N) is 1. The highest BCUT2D eigenvalue weighted by molar-refractivity contribution is 9.10. The lowest BCUT2D eigenvalue weighted by molar-refractivity contribution is 0.886. The molecule has 3 aromatic rings. The van der Waals surface area contributed by atoms with E-state index < -0.39 is 0 Å². The van der Waals surface area contributed by atoms with Gasteiger partial charge in [0.15, 0.2) is 0 Å². The number of benzene rings is 2. The monoisotopic (exact) mass is 341 g/mol. The molecule has 1 aromatic heterocycles. The predicted octanol–water partition coefficient (Wildman–Crippen LogP) is 4.75. The maximum atomic E-state index is 5.99. The van der Waals surface area contributed by atoms with Crippen molar-refractivity contribution in [3.05, 3.63) is 64.8 Å². The molecule has 106 valence electrons. The summed E-state index contributed by atoms with van der Waals surface area (Å²) in [6.07, 6.45) is 1.76. The van der Waals surface area contributed by atoms with Crippen molar-refractivity contribution in [2.24, 2.45) is 0 Å². The van der Waals surface area contributed by atoms with Gasteiger partial charge in [-0.05, 0) is 48.9 Å². The molecule has 0 spiro atoms. The number of rotatable bonds is 3. The molecule has 21 heavy (non-hydrogen) atoms. The summed E-state index contributed by atoms with van der Waals surface area (Å²) in [7, 11) is 0. The zero-order valence-corrected chi connectivity index (χ0v) is 13.3. The van der Waals surface area contributed by atoms with Crippen LogP contribution in [0.1, 0.15) is 18.5 Å². The van der Waals surface area contributed by atoms with E-state index in [0.717, 1.165) is 21.1 Å². The van der Waals surface area contributed by atoms with Gasteiger partial charge in [0, 0.05) is 27.8 Å². The van der Waals surface area contributed by atoms with Crippen molar-refractivity contribution in [2.75, 3.05) is 11.1 Å². The van der Waals surface area contributed by atoms with E-state index in [2.05, 4.69) is 57.4 Å². The number of nitrogen functional groups attached to an aromatic ring is 1. The summed E-state index contributed by atoms with van der Waals surface area (Å²) in [5, 5.41) is 4.58. The third-order valence-electron chi connectivity index (χ3n) is 3.54. The highest BCUT2D eigenvalue weighted by atomic mass is 79.9. The van der Waals surface area contributed by atoms with Crippen LogP contribution in [0.5, 0.6) is 0 Å². The van der Waals surface area contributed by atoms with Crippen molar-refractivity contribution >= 4 is 38.2 Å². The zero-order valence-electron chi connectivity index (χ0n) is 11.7. The first kappa shape index (κ1) is 13.9. The number of hydrogen-bond donors (Lipinski definition) is 2. The van der Waals surface area contributed by atoms with Gasteiger partial charge in [0.2, 0.25) is 0 Å². The van der Waals surface area contributed by atoms with Gasteiger partial charge in [0.05, 0.1) is 11.2 Å². The lowest BCUT2D eigenvalue weighted by Crippen LogP contribution is -2.07. The van der Waals surface area contributed by atoms with Crippen LogP contribution in [-0.4, -0.2) is 4.98 Å². The molecule has 0 radical (unpaired) electrons. The number of nitrogens with zero attached hydrogens (tertiary/aromatic N) is 1. The first-order valence-corrected chi connectivity index (χ1v) is 7.59. The van der Waals surface area contributed by atoms with Crippen molar-refractivity contribution in [1.29, 1.82) is 0 Å².